The number of rotatable bonds is 3. The van der Waals surface area contributed by atoms with Crippen LogP contribution in [-0.4, -0.2) is 7.05 Å². The molecule has 0 spiro atoms. The van der Waals surface area contributed by atoms with Crippen LogP contribution in [-0.2, 0) is 6.42 Å². The van der Waals surface area contributed by atoms with Gasteiger partial charge in [-0.1, -0.05) is 25.1 Å². The quantitative estimate of drug-likeness (QED) is 0.816. The molecule has 19 heavy (non-hydrogen) atoms. The lowest BCUT2D eigenvalue weighted by atomic mass is 10.1. The van der Waals surface area contributed by atoms with E-state index in [1.165, 1.54) is 5.56 Å². The van der Waals surface area contributed by atoms with Crippen molar-refractivity contribution in [3.8, 4) is 6.07 Å². The standard InChI is InChI=1S/C17H18N2/c1-4-14-6-9-16(10-7-14)19(3)17-11-13(2)5-8-15(17)12-18/h5-11H,4H2,1-3H3. The molecule has 2 aromatic rings. The summed E-state index contributed by atoms with van der Waals surface area (Å²) in [5.41, 5.74) is 5.23. The molecule has 0 fully saturated rings. The van der Waals surface area contributed by atoms with Crippen molar-refractivity contribution in [1.29, 1.82) is 5.26 Å². The van der Waals surface area contributed by atoms with Gasteiger partial charge in [-0.25, -0.2) is 0 Å². The van der Waals surface area contributed by atoms with Gasteiger partial charge in [-0.2, -0.15) is 5.26 Å². The van der Waals surface area contributed by atoms with E-state index in [1.54, 1.807) is 0 Å². The Labute approximate surface area is 114 Å². The third-order valence-corrected chi connectivity index (χ3v) is 3.37. The second-order valence-corrected chi connectivity index (χ2v) is 4.71. The maximum Gasteiger partial charge on any atom is 0.101 e. The summed E-state index contributed by atoms with van der Waals surface area (Å²) in [4.78, 5) is 2.06. The number of nitrogens with zero attached hydrogens (tertiary/aromatic N) is 2. The number of nitriles is 1. The van der Waals surface area contributed by atoms with Crippen molar-refractivity contribution >= 4 is 11.4 Å². The predicted octanol–water partition coefficient (Wildman–Crippen LogP) is 4.20. The molecule has 0 aromatic heterocycles. The lowest BCUT2D eigenvalue weighted by Crippen LogP contribution is -2.11. The van der Waals surface area contributed by atoms with Gasteiger partial charge in [-0.15, -0.1) is 0 Å². The van der Waals surface area contributed by atoms with Crippen LogP contribution < -0.4 is 4.90 Å². The summed E-state index contributed by atoms with van der Waals surface area (Å²) in [6.45, 7) is 4.19. The molecule has 0 saturated heterocycles. The van der Waals surface area contributed by atoms with Gasteiger partial charge in [-0.3, -0.25) is 0 Å². The molecule has 2 nitrogen and oxygen atoms in total. The average Bonchev–Trinajstić information content (AvgIpc) is 2.46. The van der Waals surface area contributed by atoms with Crippen LogP contribution >= 0.6 is 0 Å². The SMILES string of the molecule is CCc1ccc(N(C)c2cc(C)ccc2C#N)cc1. The molecule has 2 aromatic carbocycles. The van der Waals surface area contributed by atoms with Crippen LogP contribution in [0, 0.1) is 18.3 Å². The number of hydrogen-bond donors (Lipinski definition) is 0. The van der Waals surface area contributed by atoms with Crippen LogP contribution in [0.5, 0.6) is 0 Å². The molecule has 0 radical (unpaired) electrons. The Hall–Kier alpha value is -2.27. The van der Waals surface area contributed by atoms with Crippen molar-refractivity contribution in [3.63, 3.8) is 0 Å². The van der Waals surface area contributed by atoms with Gasteiger partial charge in [0.05, 0.1) is 11.3 Å². The highest BCUT2D eigenvalue weighted by molar-refractivity contribution is 5.69. The van der Waals surface area contributed by atoms with Crippen molar-refractivity contribution in [2.75, 3.05) is 11.9 Å². The van der Waals surface area contributed by atoms with E-state index in [9.17, 15) is 5.26 Å². The second kappa shape index (κ2) is 5.58. The molecular formula is C17H18N2. The van der Waals surface area contributed by atoms with Gasteiger partial charge in [0.25, 0.3) is 0 Å². The van der Waals surface area contributed by atoms with Gasteiger partial charge in [0.2, 0.25) is 0 Å². The lowest BCUT2D eigenvalue weighted by Gasteiger charge is -2.21. The third kappa shape index (κ3) is 2.77. The van der Waals surface area contributed by atoms with Crippen LogP contribution in [0.4, 0.5) is 11.4 Å². The molecule has 0 aliphatic rings. The zero-order valence-electron chi connectivity index (χ0n) is 11.6. The topological polar surface area (TPSA) is 27.0 Å². The number of anilines is 2. The Morgan fingerprint density at radius 3 is 2.37 bits per heavy atom. The zero-order chi connectivity index (χ0) is 13.8. The molecule has 0 unspecified atom stereocenters. The first-order valence-electron chi connectivity index (χ1n) is 6.49. The van der Waals surface area contributed by atoms with Crippen LogP contribution in [0.15, 0.2) is 42.5 Å². The van der Waals surface area contributed by atoms with E-state index in [1.807, 2.05) is 32.2 Å². The van der Waals surface area contributed by atoms with E-state index in [0.29, 0.717) is 5.56 Å². The fraction of sp³-hybridized carbons (Fsp3) is 0.235. The fourth-order valence-corrected chi connectivity index (χ4v) is 2.11. The minimum Gasteiger partial charge on any atom is -0.344 e. The van der Waals surface area contributed by atoms with Crippen LogP contribution in [0.25, 0.3) is 0 Å². The summed E-state index contributed by atoms with van der Waals surface area (Å²) in [5.74, 6) is 0. The molecule has 0 N–H and O–H groups in total. The molecule has 0 aliphatic heterocycles. The highest BCUT2D eigenvalue weighted by atomic mass is 15.1. The number of aryl methyl sites for hydroxylation is 2. The van der Waals surface area contributed by atoms with Crippen LogP contribution in [0.1, 0.15) is 23.6 Å². The van der Waals surface area contributed by atoms with E-state index in [2.05, 4.69) is 42.2 Å². The van der Waals surface area contributed by atoms with Gasteiger partial charge in [-0.05, 0) is 48.7 Å². The molecular weight excluding hydrogens is 232 g/mol. The van der Waals surface area contributed by atoms with Gasteiger partial charge in [0.15, 0.2) is 0 Å². The molecule has 0 saturated carbocycles. The Kier molecular flexibility index (Phi) is 3.87. The highest BCUT2D eigenvalue weighted by Gasteiger charge is 2.09. The molecule has 0 heterocycles. The summed E-state index contributed by atoms with van der Waals surface area (Å²) in [6.07, 6.45) is 1.04. The van der Waals surface area contributed by atoms with Crippen molar-refractivity contribution in [3.05, 3.63) is 59.2 Å². The highest BCUT2D eigenvalue weighted by Crippen LogP contribution is 2.27. The smallest absolute Gasteiger partial charge is 0.101 e. The number of hydrogen-bond acceptors (Lipinski definition) is 2. The van der Waals surface area contributed by atoms with Crippen molar-refractivity contribution in [2.45, 2.75) is 20.3 Å². The molecule has 2 heteroatoms. The molecule has 96 valence electrons. The normalized spacial score (nSPS) is 10.0. The average molecular weight is 250 g/mol. The van der Waals surface area contributed by atoms with E-state index in [0.717, 1.165) is 23.4 Å². The predicted molar refractivity (Wildman–Crippen MR) is 79.8 cm³/mol. The van der Waals surface area contributed by atoms with E-state index < -0.39 is 0 Å². The summed E-state index contributed by atoms with van der Waals surface area (Å²) >= 11 is 0. The first-order chi connectivity index (χ1) is 9.15. The van der Waals surface area contributed by atoms with Crippen molar-refractivity contribution in [2.24, 2.45) is 0 Å². The summed E-state index contributed by atoms with van der Waals surface area (Å²) in [5, 5.41) is 9.21. The van der Waals surface area contributed by atoms with E-state index in [-0.39, 0.29) is 0 Å². The summed E-state index contributed by atoms with van der Waals surface area (Å²) in [7, 11) is 2.00. The number of benzene rings is 2. The minimum absolute atomic E-state index is 0.702. The minimum atomic E-state index is 0.702. The van der Waals surface area contributed by atoms with Crippen LogP contribution in [0.2, 0.25) is 0 Å². The lowest BCUT2D eigenvalue weighted by molar-refractivity contribution is 1.13. The molecule has 0 bridgehead atoms. The Balaban J connectivity index is 2.40. The van der Waals surface area contributed by atoms with Gasteiger partial charge < -0.3 is 4.90 Å². The third-order valence-electron chi connectivity index (χ3n) is 3.37. The van der Waals surface area contributed by atoms with Gasteiger partial charge in [0, 0.05) is 12.7 Å². The summed E-state index contributed by atoms with van der Waals surface area (Å²) in [6, 6.07) is 16.6. The first-order valence-corrected chi connectivity index (χ1v) is 6.49. The largest absolute Gasteiger partial charge is 0.344 e. The molecule has 0 aliphatic carbocycles. The van der Waals surface area contributed by atoms with Crippen molar-refractivity contribution < 1.29 is 0 Å². The van der Waals surface area contributed by atoms with Crippen molar-refractivity contribution in [1.82, 2.24) is 0 Å². The zero-order valence-corrected chi connectivity index (χ0v) is 11.6. The first kappa shape index (κ1) is 13.2. The monoisotopic (exact) mass is 250 g/mol. The van der Waals surface area contributed by atoms with E-state index in [4.69, 9.17) is 0 Å². The second-order valence-electron chi connectivity index (χ2n) is 4.71. The fourth-order valence-electron chi connectivity index (χ4n) is 2.11. The Morgan fingerprint density at radius 2 is 1.79 bits per heavy atom. The Bertz CT molecular complexity index is 606. The maximum absolute atomic E-state index is 9.21. The van der Waals surface area contributed by atoms with Gasteiger partial charge in [0.1, 0.15) is 6.07 Å². The maximum atomic E-state index is 9.21. The molecule has 0 amide bonds. The van der Waals surface area contributed by atoms with Gasteiger partial charge >= 0.3 is 0 Å². The molecule has 0 atom stereocenters. The Morgan fingerprint density at radius 1 is 1.11 bits per heavy atom. The molecule has 2 rings (SSSR count). The van der Waals surface area contributed by atoms with E-state index >= 15 is 0 Å². The summed E-state index contributed by atoms with van der Waals surface area (Å²) < 4.78 is 0. The van der Waals surface area contributed by atoms with Crippen LogP contribution in [0.3, 0.4) is 0 Å².